The molecule has 0 spiro atoms. The molecule has 5 heteroatoms. The first-order valence-corrected chi connectivity index (χ1v) is 6.26. The van der Waals surface area contributed by atoms with E-state index in [2.05, 4.69) is 11.6 Å². The molecule has 0 fully saturated rings. The van der Waals surface area contributed by atoms with Gasteiger partial charge in [0.15, 0.2) is 4.80 Å². The van der Waals surface area contributed by atoms with Crippen molar-refractivity contribution >= 4 is 39.1 Å². The van der Waals surface area contributed by atoms with Crippen molar-refractivity contribution < 1.29 is 4.79 Å². The summed E-state index contributed by atoms with van der Waals surface area (Å²) in [4.78, 5) is 15.8. The van der Waals surface area contributed by atoms with Crippen LogP contribution in [-0.4, -0.2) is 10.5 Å². The Morgan fingerprint density at radius 1 is 1.65 bits per heavy atom. The lowest BCUT2D eigenvalue weighted by molar-refractivity contribution is -0.116. The Morgan fingerprint density at radius 3 is 3.06 bits per heavy atom. The fourth-order valence-corrected chi connectivity index (χ4v) is 2.93. The average molecular weight is 267 g/mol. The highest BCUT2D eigenvalue weighted by molar-refractivity contribution is 7.16. The van der Waals surface area contributed by atoms with E-state index in [1.165, 1.54) is 18.3 Å². The van der Waals surface area contributed by atoms with Crippen LogP contribution in [0.2, 0.25) is 5.02 Å². The second-order valence-electron chi connectivity index (χ2n) is 3.53. The van der Waals surface area contributed by atoms with Crippen LogP contribution >= 0.6 is 22.9 Å². The molecule has 1 aromatic heterocycles. The van der Waals surface area contributed by atoms with Gasteiger partial charge >= 0.3 is 0 Å². The van der Waals surface area contributed by atoms with Crippen molar-refractivity contribution in [1.29, 1.82) is 0 Å². The Labute approximate surface area is 108 Å². The number of rotatable bonds is 2. The zero-order valence-corrected chi connectivity index (χ0v) is 10.9. The summed E-state index contributed by atoms with van der Waals surface area (Å²) >= 11 is 7.39. The molecule has 0 aliphatic heterocycles. The topological polar surface area (TPSA) is 34.4 Å². The Balaban J connectivity index is 2.78. The standard InChI is InChI=1S/C12H11ClN2OS/c1-3-6-15-10-5-4-9(13)7-11(10)17-12(15)14-8(2)16/h3-5,7H,1,6H2,2H3. The summed E-state index contributed by atoms with van der Waals surface area (Å²) in [6, 6.07) is 5.63. The lowest BCUT2D eigenvalue weighted by atomic mass is 10.3. The van der Waals surface area contributed by atoms with E-state index in [1.807, 2.05) is 22.8 Å². The second kappa shape index (κ2) is 4.85. The molecule has 2 aromatic rings. The number of hydrogen-bond acceptors (Lipinski definition) is 2. The molecule has 1 amide bonds. The van der Waals surface area contributed by atoms with Gasteiger partial charge in [-0.1, -0.05) is 29.0 Å². The van der Waals surface area contributed by atoms with E-state index >= 15 is 0 Å². The number of hydrogen-bond donors (Lipinski definition) is 0. The predicted octanol–water partition coefficient (Wildman–Crippen LogP) is 2.99. The quantitative estimate of drug-likeness (QED) is 0.770. The highest BCUT2D eigenvalue weighted by Gasteiger charge is 2.05. The van der Waals surface area contributed by atoms with Gasteiger partial charge in [-0.05, 0) is 18.2 Å². The average Bonchev–Trinajstić information content (AvgIpc) is 2.55. The largest absolute Gasteiger partial charge is 0.313 e. The van der Waals surface area contributed by atoms with Crippen LogP contribution in [0.5, 0.6) is 0 Å². The van der Waals surface area contributed by atoms with Crippen LogP contribution in [0.4, 0.5) is 0 Å². The maximum Gasteiger partial charge on any atom is 0.245 e. The molecule has 0 aliphatic rings. The van der Waals surface area contributed by atoms with Crippen molar-refractivity contribution in [1.82, 2.24) is 4.57 Å². The minimum Gasteiger partial charge on any atom is -0.313 e. The predicted molar refractivity (Wildman–Crippen MR) is 71.3 cm³/mol. The number of amides is 1. The van der Waals surface area contributed by atoms with Crippen LogP contribution in [-0.2, 0) is 11.3 Å². The highest BCUT2D eigenvalue weighted by atomic mass is 35.5. The van der Waals surface area contributed by atoms with E-state index in [1.54, 1.807) is 6.08 Å². The maximum atomic E-state index is 11.1. The number of aromatic nitrogens is 1. The number of nitrogens with zero attached hydrogens (tertiary/aromatic N) is 2. The van der Waals surface area contributed by atoms with Crippen LogP contribution in [0, 0.1) is 0 Å². The first-order valence-electron chi connectivity index (χ1n) is 5.07. The summed E-state index contributed by atoms with van der Waals surface area (Å²) in [5, 5.41) is 0.680. The lowest BCUT2D eigenvalue weighted by Gasteiger charge is -2.00. The Bertz CT molecular complexity index is 654. The van der Waals surface area contributed by atoms with Crippen molar-refractivity contribution in [2.45, 2.75) is 13.5 Å². The molecule has 1 heterocycles. The van der Waals surface area contributed by atoms with E-state index in [9.17, 15) is 4.79 Å². The number of fused-ring (bicyclic) bond motifs is 1. The highest BCUT2D eigenvalue weighted by Crippen LogP contribution is 2.21. The number of thiazole rings is 1. The fourth-order valence-electron chi connectivity index (χ4n) is 1.57. The first-order chi connectivity index (χ1) is 8.11. The molecule has 0 saturated carbocycles. The molecule has 0 unspecified atom stereocenters. The van der Waals surface area contributed by atoms with E-state index in [4.69, 9.17) is 11.6 Å². The van der Waals surface area contributed by atoms with Gasteiger partial charge in [-0.15, -0.1) is 6.58 Å². The molecule has 17 heavy (non-hydrogen) atoms. The van der Waals surface area contributed by atoms with Crippen molar-refractivity contribution in [2.75, 3.05) is 0 Å². The van der Waals surface area contributed by atoms with E-state index in [-0.39, 0.29) is 5.91 Å². The summed E-state index contributed by atoms with van der Waals surface area (Å²) in [6.45, 7) is 5.77. The fraction of sp³-hybridized carbons (Fsp3) is 0.167. The normalized spacial score (nSPS) is 12.0. The minimum atomic E-state index is -0.208. The van der Waals surface area contributed by atoms with Gasteiger partial charge in [0, 0.05) is 18.5 Å². The Kier molecular flexibility index (Phi) is 3.45. The van der Waals surface area contributed by atoms with E-state index in [0.717, 1.165) is 10.2 Å². The van der Waals surface area contributed by atoms with Gasteiger partial charge in [0.05, 0.1) is 10.2 Å². The molecule has 88 valence electrons. The monoisotopic (exact) mass is 266 g/mol. The third kappa shape index (κ3) is 2.48. The van der Waals surface area contributed by atoms with Gasteiger partial charge in [0.25, 0.3) is 0 Å². The summed E-state index contributed by atoms with van der Waals surface area (Å²) < 4.78 is 2.96. The Hall–Kier alpha value is -1.39. The number of benzene rings is 1. The van der Waals surface area contributed by atoms with Crippen molar-refractivity contribution in [3.63, 3.8) is 0 Å². The van der Waals surface area contributed by atoms with Gasteiger partial charge in [-0.3, -0.25) is 4.79 Å². The van der Waals surface area contributed by atoms with E-state index < -0.39 is 0 Å². The third-order valence-electron chi connectivity index (χ3n) is 2.21. The van der Waals surface area contributed by atoms with Crippen LogP contribution in [0.1, 0.15) is 6.92 Å². The number of carbonyl (C=O) groups is 1. The van der Waals surface area contributed by atoms with Gasteiger partial charge in [0.2, 0.25) is 5.91 Å². The second-order valence-corrected chi connectivity index (χ2v) is 4.97. The summed E-state index contributed by atoms with van der Waals surface area (Å²) in [6.07, 6.45) is 1.78. The molecule has 1 aromatic carbocycles. The van der Waals surface area contributed by atoms with E-state index in [0.29, 0.717) is 16.4 Å². The molecule has 3 nitrogen and oxygen atoms in total. The van der Waals surface area contributed by atoms with Crippen molar-refractivity contribution in [2.24, 2.45) is 4.99 Å². The van der Waals surface area contributed by atoms with Crippen LogP contribution in [0.3, 0.4) is 0 Å². The first kappa shape index (κ1) is 12.1. The molecule has 0 aliphatic carbocycles. The van der Waals surface area contributed by atoms with Crippen LogP contribution < -0.4 is 4.80 Å². The van der Waals surface area contributed by atoms with Crippen LogP contribution in [0.25, 0.3) is 10.2 Å². The zero-order chi connectivity index (χ0) is 12.4. The molecule has 0 radical (unpaired) electrons. The number of allylic oxidation sites excluding steroid dienone is 1. The minimum absolute atomic E-state index is 0.208. The maximum absolute atomic E-state index is 11.1. The van der Waals surface area contributed by atoms with Gasteiger partial charge < -0.3 is 4.57 Å². The van der Waals surface area contributed by atoms with Gasteiger partial charge in [-0.25, -0.2) is 0 Å². The SMILES string of the molecule is C=CCn1c(=NC(C)=O)sc2cc(Cl)ccc21. The summed E-state index contributed by atoms with van der Waals surface area (Å²) in [5.41, 5.74) is 1.01. The van der Waals surface area contributed by atoms with Gasteiger partial charge in [-0.2, -0.15) is 4.99 Å². The number of halogens is 1. The number of carbonyl (C=O) groups excluding carboxylic acids is 1. The smallest absolute Gasteiger partial charge is 0.245 e. The molecular weight excluding hydrogens is 256 g/mol. The lowest BCUT2D eigenvalue weighted by Crippen LogP contribution is -2.15. The Morgan fingerprint density at radius 2 is 2.41 bits per heavy atom. The molecule has 0 atom stereocenters. The third-order valence-corrected chi connectivity index (χ3v) is 3.49. The summed E-state index contributed by atoms with van der Waals surface area (Å²) in [7, 11) is 0. The zero-order valence-electron chi connectivity index (χ0n) is 9.31. The summed E-state index contributed by atoms with van der Waals surface area (Å²) in [5.74, 6) is -0.208. The van der Waals surface area contributed by atoms with Crippen molar-refractivity contribution in [3.8, 4) is 0 Å². The molecule has 0 N–H and O–H groups in total. The molecule has 0 bridgehead atoms. The molecule has 0 saturated heterocycles. The van der Waals surface area contributed by atoms with Crippen molar-refractivity contribution in [3.05, 3.63) is 40.7 Å². The molecular formula is C12H11ClN2OS. The van der Waals surface area contributed by atoms with Gasteiger partial charge in [0.1, 0.15) is 0 Å². The van der Waals surface area contributed by atoms with Crippen LogP contribution in [0.15, 0.2) is 35.8 Å². The molecule has 2 rings (SSSR count).